The fraction of sp³-hybridized carbons (Fsp3) is 0.214. The molecular weight excluding hydrogens is 258 g/mol. The number of rotatable bonds is 5. The summed E-state index contributed by atoms with van der Waals surface area (Å²) in [6, 6.07) is 9.67. The second kappa shape index (κ2) is 6.51. The zero-order valence-electron chi connectivity index (χ0n) is 11.1. The summed E-state index contributed by atoms with van der Waals surface area (Å²) < 4.78 is 6.32. The molecule has 6 heteroatoms. The molecule has 1 aromatic heterocycles. The van der Waals surface area contributed by atoms with Crippen LogP contribution in [-0.4, -0.2) is 28.3 Å². The molecule has 2 rings (SSSR count). The summed E-state index contributed by atoms with van der Waals surface area (Å²) in [5.74, 6) is -0.815. The van der Waals surface area contributed by atoms with Crippen LogP contribution in [0.4, 0.5) is 0 Å². The summed E-state index contributed by atoms with van der Waals surface area (Å²) in [6.45, 7) is 1.34. The van der Waals surface area contributed by atoms with Crippen LogP contribution in [0.15, 0.2) is 42.7 Å². The zero-order valence-corrected chi connectivity index (χ0v) is 11.1. The van der Waals surface area contributed by atoms with E-state index in [0.29, 0.717) is 6.54 Å². The van der Waals surface area contributed by atoms with Crippen molar-refractivity contribution in [3.8, 4) is 5.69 Å². The SMILES string of the molecule is CC(=O)OCC(=O)NCc1cnn(-c2ccccc2)c1. The van der Waals surface area contributed by atoms with Gasteiger partial charge in [-0.2, -0.15) is 5.10 Å². The fourth-order valence-electron chi connectivity index (χ4n) is 1.59. The van der Waals surface area contributed by atoms with Crippen LogP contribution in [0.2, 0.25) is 0 Å². The average Bonchev–Trinajstić information content (AvgIpc) is 2.93. The Morgan fingerprint density at radius 2 is 2.05 bits per heavy atom. The second-order valence-corrected chi connectivity index (χ2v) is 4.19. The number of hydrogen-bond donors (Lipinski definition) is 1. The molecule has 0 unspecified atom stereocenters. The Bertz CT molecular complexity index is 593. The van der Waals surface area contributed by atoms with Crippen LogP contribution in [0.3, 0.4) is 0 Å². The van der Waals surface area contributed by atoms with Gasteiger partial charge in [-0.25, -0.2) is 4.68 Å². The molecule has 20 heavy (non-hydrogen) atoms. The molecule has 0 spiro atoms. The Hall–Kier alpha value is -2.63. The van der Waals surface area contributed by atoms with Crippen LogP contribution >= 0.6 is 0 Å². The Kier molecular flexibility index (Phi) is 4.49. The smallest absolute Gasteiger partial charge is 0.303 e. The minimum absolute atomic E-state index is 0.262. The van der Waals surface area contributed by atoms with Crippen molar-refractivity contribution in [2.24, 2.45) is 0 Å². The number of hydrogen-bond acceptors (Lipinski definition) is 4. The van der Waals surface area contributed by atoms with Gasteiger partial charge in [-0.1, -0.05) is 18.2 Å². The van der Waals surface area contributed by atoms with E-state index in [0.717, 1.165) is 11.3 Å². The van der Waals surface area contributed by atoms with Gasteiger partial charge in [0, 0.05) is 25.2 Å². The summed E-state index contributed by atoms with van der Waals surface area (Å²) in [6.07, 6.45) is 3.51. The third-order valence-corrected chi connectivity index (χ3v) is 2.55. The molecule has 0 atom stereocenters. The van der Waals surface area contributed by atoms with E-state index in [9.17, 15) is 9.59 Å². The van der Waals surface area contributed by atoms with E-state index in [-0.39, 0.29) is 12.5 Å². The molecule has 104 valence electrons. The van der Waals surface area contributed by atoms with Crippen LogP contribution in [-0.2, 0) is 20.9 Å². The molecule has 1 amide bonds. The monoisotopic (exact) mass is 273 g/mol. The quantitative estimate of drug-likeness (QED) is 0.826. The highest BCUT2D eigenvalue weighted by Crippen LogP contribution is 2.07. The zero-order chi connectivity index (χ0) is 14.4. The first-order chi connectivity index (χ1) is 9.65. The molecule has 1 aromatic carbocycles. The summed E-state index contributed by atoms with van der Waals surface area (Å²) in [5.41, 5.74) is 1.81. The van der Waals surface area contributed by atoms with Crippen LogP contribution in [0.25, 0.3) is 5.69 Å². The molecule has 0 saturated carbocycles. The first-order valence-electron chi connectivity index (χ1n) is 6.14. The molecule has 0 radical (unpaired) electrons. The van der Waals surface area contributed by atoms with Gasteiger partial charge in [0.15, 0.2) is 6.61 Å². The minimum atomic E-state index is -0.475. The maximum atomic E-state index is 11.4. The molecule has 6 nitrogen and oxygen atoms in total. The highest BCUT2D eigenvalue weighted by molar-refractivity contribution is 5.79. The second-order valence-electron chi connectivity index (χ2n) is 4.19. The molecule has 0 aliphatic heterocycles. The van der Waals surface area contributed by atoms with Crippen molar-refractivity contribution >= 4 is 11.9 Å². The number of benzene rings is 1. The normalized spacial score (nSPS) is 10.1. The lowest BCUT2D eigenvalue weighted by Crippen LogP contribution is -2.27. The summed E-state index contributed by atoms with van der Waals surface area (Å²) in [4.78, 5) is 21.9. The number of carbonyl (C=O) groups is 2. The van der Waals surface area contributed by atoms with Crippen molar-refractivity contribution in [3.63, 3.8) is 0 Å². The average molecular weight is 273 g/mol. The lowest BCUT2D eigenvalue weighted by molar-refractivity contribution is -0.146. The van der Waals surface area contributed by atoms with Gasteiger partial charge in [-0.15, -0.1) is 0 Å². The molecule has 0 aliphatic carbocycles. The van der Waals surface area contributed by atoms with Crippen molar-refractivity contribution in [2.75, 3.05) is 6.61 Å². The van der Waals surface area contributed by atoms with Crippen LogP contribution < -0.4 is 5.32 Å². The van der Waals surface area contributed by atoms with E-state index in [1.54, 1.807) is 10.9 Å². The van der Waals surface area contributed by atoms with Crippen molar-refractivity contribution in [2.45, 2.75) is 13.5 Å². The van der Waals surface area contributed by atoms with Gasteiger partial charge in [0.05, 0.1) is 11.9 Å². The molecular formula is C14H15N3O3. The Morgan fingerprint density at radius 1 is 1.30 bits per heavy atom. The fourth-order valence-corrected chi connectivity index (χ4v) is 1.59. The van der Waals surface area contributed by atoms with E-state index >= 15 is 0 Å². The van der Waals surface area contributed by atoms with Crippen LogP contribution in [0.1, 0.15) is 12.5 Å². The standard InChI is InChI=1S/C14H15N3O3/c1-11(18)20-10-14(19)15-7-12-8-16-17(9-12)13-5-3-2-4-6-13/h2-6,8-9H,7,10H2,1H3,(H,15,19). The van der Waals surface area contributed by atoms with Gasteiger partial charge in [0.2, 0.25) is 0 Å². The summed E-state index contributed by atoms with van der Waals surface area (Å²) in [7, 11) is 0. The summed E-state index contributed by atoms with van der Waals surface area (Å²) in [5, 5.41) is 6.87. The highest BCUT2D eigenvalue weighted by Gasteiger charge is 2.05. The number of amides is 1. The molecule has 0 saturated heterocycles. The number of esters is 1. The van der Waals surface area contributed by atoms with Gasteiger partial charge in [-0.05, 0) is 12.1 Å². The third-order valence-electron chi connectivity index (χ3n) is 2.55. The lowest BCUT2D eigenvalue weighted by atomic mass is 10.3. The lowest BCUT2D eigenvalue weighted by Gasteiger charge is -2.03. The van der Waals surface area contributed by atoms with Crippen LogP contribution in [0.5, 0.6) is 0 Å². The van der Waals surface area contributed by atoms with Crippen molar-refractivity contribution in [1.82, 2.24) is 15.1 Å². The Morgan fingerprint density at radius 3 is 2.75 bits per heavy atom. The maximum Gasteiger partial charge on any atom is 0.303 e. The summed E-state index contributed by atoms with van der Waals surface area (Å²) >= 11 is 0. The molecule has 0 aliphatic rings. The van der Waals surface area contributed by atoms with Gasteiger partial charge in [0.25, 0.3) is 5.91 Å². The van der Waals surface area contributed by atoms with Gasteiger partial charge in [-0.3, -0.25) is 9.59 Å². The van der Waals surface area contributed by atoms with Crippen molar-refractivity contribution in [3.05, 3.63) is 48.3 Å². The first-order valence-corrected chi connectivity index (χ1v) is 6.14. The first kappa shape index (κ1) is 13.8. The number of para-hydroxylation sites is 1. The maximum absolute atomic E-state index is 11.4. The molecule has 1 heterocycles. The minimum Gasteiger partial charge on any atom is -0.456 e. The van der Waals surface area contributed by atoms with E-state index in [1.807, 2.05) is 36.5 Å². The molecule has 1 N–H and O–H groups in total. The van der Waals surface area contributed by atoms with Gasteiger partial charge in [0.1, 0.15) is 0 Å². The Labute approximate surface area is 116 Å². The number of ether oxygens (including phenoxy) is 1. The number of nitrogens with zero attached hydrogens (tertiary/aromatic N) is 2. The van der Waals surface area contributed by atoms with Crippen LogP contribution in [0, 0.1) is 0 Å². The number of aromatic nitrogens is 2. The van der Waals surface area contributed by atoms with Gasteiger partial charge >= 0.3 is 5.97 Å². The van der Waals surface area contributed by atoms with Crippen molar-refractivity contribution < 1.29 is 14.3 Å². The highest BCUT2D eigenvalue weighted by atomic mass is 16.5. The predicted octanol–water partition coefficient (Wildman–Crippen LogP) is 1.05. The number of nitrogens with one attached hydrogen (secondary N) is 1. The number of carbonyl (C=O) groups excluding carboxylic acids is 2. The topological polar surface area (TPSA) is 73.2 Å². The van der Waals surface area contributed by atoms with E-state index in [2.05, 4.69) is 15.2 Å². The third kappa shape index (κ3) is 3.94. The predicted molar refractivity (Wildman–Crippen MR) is 72.0 cm³/mol. The largest absolute Gasteiger partial charge is 0.456 e. The van der Waals surface area contributed by atoms with E-state index < -0.39 is 5.97 Å². The van der Waals surface area contributed by atoms with Crippen molar-refractivity contribution in [1.29, 1.82) is 0 Å². The molecule has 0 fully saturated rings. The molecule has 0 bridgehead atoms. The van der Waals surface area contributed by atoms with E-state index in [4.69, 9.17) is 0 Å². The van der Waals surface area contributed by atoms with Gasteiger partial charge < -0.3 is 10.1 Å². The Balaban J connectivity index is 1.87. The molecule has 2 aromatic rings. The van der Waals surface area contributed by atoms with E-state index in [1.165, 1.54) is 6.92 Å².